The van der Waals surface area contributed by atoms with Gasteiger partial charge in [-0.15, -0.1) is 5.10 Å². The van der Waals surface area contributed by atoms with Crippen molar-refractivity contribution in [2.45, 2.75) is 6.92 Å². The highest BCUT2D eigenvalue weighted by molar-refractivity contribution is 5.79. The van der Waals surface area contributed by atoms with E-state index in [0.717, 1.165) is 16.8 Å². The van der Waals surface area contributed by atoms with E-state index in [2.05, 4.69) is 33.5 Å². The van der Waals surface area contributed by atoms with Gasteiger partial charge in [0.2, 0.25) is 5.65 Å². The Labute approximate surface area is 98.9 Å². The molecule has 84 valence electrons. The number of rotatable bonds is 1. The summed E-state index contributed by atoms with van der Waals surface area (Å²) in [6, 6.07) is 12.3. The van der Waals surface area contributed by atoms with Crippen molar-refractivity contribution in [3.63, 3.8) is 0 Å². The third-order valence-electron chi connectivity index (χ3n) is 2.88. The van der Waals surface area contributed by atoms with Crippen molar-refractivity contribution >= 4 is 11.2 Å². The molecule has 0 saturated heterocycles. The lowest BCUT2D eigenvalue weighted by atomic mass is 10.0. The fourth-order valence-corrected chi connectivity index (χ4v) is 1.96. The zero-order chi connectivity index (χ0) is 11.8. The number of nitrogens with zero attached hydrogens (tertiary/aromatic N) is 4. The highest BCUT2D eigenvalue weighted by Crippen LogP contribution is 2.24. The molecule has 1 aromatic carbocycles. The largest absolute Gasteiger partial charge is 0.246 e. The van der Waals surface area contributed by atoms with E-state index in [-0.39, 0.29) is 0 Å². The van der Waals surface area contributed by atoms with Gasteiger partial charge in [0.05, 0.1) is 0 Å². The summed E-state index contributed by atoms with van der Waals surface area (Å²) in [7, 11) is 1.88. The van der Waals surface area contributed by atoms with Crippen molar-refractivity contribution in [3.8, 4) is 11.1 Å². The van der Waals surface area contributed by atoms with Crippen LogP contribution in [0.5, 0.6) is 0 Å². The first-order chi connectivity index (χ1) is 8.25. The molecule has 0 aliphatic heterocycles. The fraction of sp³-hybridized carbons (Fsp3) is 0.154. The fourth-order valence-electron chi connectivity index (χ4n) is 1.96. The van der Waals surface area contributed by atoms with Gasteiger partial charge >= 0.3 is 0 Å². The van der Waals surface area contributed by atoms with Gasteiger partial charge in [0.15, 0.2) is 0 Å². The lowest BCUT2D eigenvalue weighted by Crippen LogP contribution is -1.92. The maximum Gasteiger partial charge on any atom is 0.202 e. The quantitative estimate of drug-likeness (QED) is 0.637. The first-order valence-corrected chi connectivity index (χ1v) is 5.48. The van der Waals surface area contributed by atoms with E-state index in [9.17, 15) is 0 Å². The van der Waals surface area contributed by atoms with Gasteiger partial charge in [0, 0.05) is 18.3 Å². The molecule has 0 N–H and O–H groups in total. The summed E-state index contributed by atoms with van der Waals surface area (Å²) in [5.74, 6) is 0. The zero-order valence-electron chi connectivity index (χ0n) is 9.75. The molecule has 4 heteroatoms. The normalized spacial score (nSPS) is 10.9. The van der Waals surface area contributed by atoms with Gasteiger partial charge in [0.1, 0.15) is 5.52 Å². The highest BCUT2D eigenvalue weighted by Gasteiger charge is 2.09. The molecule has 0 bridgehead atoms. The number of benzene rings is 1. The third kappa shape index (κ3) is 1.58. The van der Waals surface area contributed by atoms with E-state index in [4.69, 9.17) is 0 Å². The molecule has 3 aromatic rings. The predicted molar refractivity (Wildman–Crippen MR) is 66.5 cm³/mol. The van der Waals surface area contributed by atoms with E-state index < -0.39 is 0 Å². The van der Waals surface area contributed by atoms with Gasteiger partial charge < -0.3 is 0 Å². The minimum absolute atomic E-state index is 0.699. The minimum Gasteiger partial charge on any atom is -0.246 e. The summed E-state index contributed by atoms with van der Waals surface area (Å²) in [6.07, 6.45) is 0. The van der Waals surface area contributed by atoms with Crippen LogP contribution in [0.2, 0.25) is 0 Å². The van der Waals surface area contributed by atoms with Gasteiger partial charge in [-0.25, -0.2) is 9.67 Å². The standard InChI is InChI=1S/C13H12N4/c1-9-11(10-6-4-3-5-7-10)8-12-13(14-9)15-16-17(12)2/h3-8H,1-2H3. The number of aryl methyl sites for hydroxylation is 2. The molecule has 2 heterocycles. The molecule has 4 nitrogen and oxygen atoms in total. The van der Waals surface area contributed by atoms with Crippen molar-refractivity contribution in [1.82, 2.24) is 20.0 Å². The number of fused-ring (bicyclic) bond motifs is 1. The minimum atomic E-state index is 0.699. The smallest absolute Gasteiger partial charge is 0.202 e. The van der Waals surface area contributed by atoms with E-state index in [0.29, 0.717) is 5.65 Å². The van der Waals surface area contributed by atoms with Crippen LogP contribution in [0.4, 0.5) is 0 Å². The van der Waals surface area contributed by atoms with Crippen LogP contribution in [0, 0.1) is 6.92 Å². The molecule has 17 heavy (non-hydrogen) atoms. The third-order valence-corrected chi connectivity index (χ3v) is 2.88. The molecule has 0 aliphatic carbocycles. The lowest BCUT2D eigenvalue weighted by molar-refractivity contribution is 0.736. The van der Waals surface area contributed by atoms with Gasteiger partial charge in [-0.3, -0.25) is 0 Å². The summed E-state index contributed by atoms with van der Waals surface area (Å²) in [5, 5.41) is 7.99. The molecule has 2 aromatic heterocycles. The molecule has 0 aliphatic rings. The first kappa shape index (κ1) is 9.96. The summed E-state index contributed by atoms with van der Waals surface area (Å²) >= 11 is 0. The van der Waals surface area contributed by atoms with Gasteiger partial charge in [0.25, 0.3) is 0 Å². The van der Waals surface area contributed by atoms with Crippen molar-refractivity contribution < 1.29 is 0 Å². The maximum atomic E-state index is 4.48. The van der Waals surface area contributed by atoms with E-state index >= 15 is 0 Å². The van der Waals surface area contributed by atoms with Gasteiger partial charge in [-0.2, -0.15) is 0 Å². The first-order valence-electron chi connectivity index (χ1n) is 5.48. The van der Waals surface area contributed by atoms with Crippen LogP contribution in [0.15, 0.2) is 36.4 Å². The molecule has 0 radical (unpaired) electrons. The number of aromatic nitrogens is 4. The Hall–Kier alpha value is -2.23. The summed E-state index contributed by atoms with van der Waals surface area (Å²) in [6.45, 7) is 2.00. The Bertz CT molecular complexity index is 670. The number of hydrogen-bond donors (Lipinski definition) is 0. The van der Waals surface area contributed by atoms with Crippen LogP contribution in [-0.4, -0.2) is 20.0 Å². The van der Waals surface area contributed by atoms with Gasteiger partial charge in [-0.05, 0) is 18.6 Å². The Balaban J connectivity index is 2.29. The Morgan fingerprint density at radius 2 is 1.88 bits per heavy atom. The number of pyridine rings is 1. The predicted octanol–water partition coefficient (Wildman–Crippen LogP) is 2.34. The van der Waals surface area contributed by atoms with Gasteiger partial charge in [-0.1, -0.05) is 35.5 Å². The van der Waals surface area contributed by atoms with Crippen molar-refractivity contribution in [1.29, 1.82) is 0 Å². The summed E-state index contributed by atoms with van der Waals surface area (Å²) in [4.78, 5) is 4.48. The molecule has 3 rings (SSSR count). The summed E-state index contributed by atoms with van der Waals surface area (Å²) < 4.78 is 1.74. The highest BCUT2D eigenvalue weighted by atomic mass is 15.4. The second-order valence-corrected chi connectivity index (χ2v) is 4.04. The van der Waals surface area contributed by atoms with Crippen LogP contribution >= 0.6 is 0 Å². The second-order valence-electron chi connectivity index (χ2n) is 4.04. The topological polar surface area (TPSA) is 43.6 Å². The molecule has 0 unspecified atom stereocenters. The molecular formula is C13H12N4. The van der Waals surface area contributed by atoms with Crippen molar-refractivity contribution in [2.75, 3.05) is 0 Å². The average molecular weight is 224 g/mol. The maximum absolute atomic E-state index is 4.48. The van der Waals surface area contributed by atoms with E-state index in [1.54, 1.807) is 4.68 Å². The lowest BCUT2D eigenvalue weighted by Gasteiger charge is -2.05. The summed E-state index contributed by atoms with van der Waals surface area (Å²) in [5.41, 5.74) is 4.92. The monoisotopic (exact) mass is 224 g/mol. The molecule has 0 saturated carbocycles. The second kappa shape index (κ2) is 3.66. The van der Waals surface area contributed by atoms with Crippen molar-refractivity contribution in [3.05, 3.63) is 42.1 Å². The molecule has 0 fully saturated rings. The average Bonchev–Trinajstić information content (AvgIpc) is 2.70. The Morgan fingerprint density at radius 3 is 2.65 bits per heavy atom. The van der Waals surface area contributed by atoms with Crippen molar-refractivity contribution in [2.24, 2.45) is 7.05 Å². The van der Waals surface area contributed by atoms with Crippen LogP contribution in [0.25, 0.3) is 22.3 Å². The van der Waals surface area contributed by atoms with E-state index in [1.165, 1.54) is 5.56 Å². The SMILES string of the molecule is Cc1nc2nnn(C)c2cc1-c1ccccc1. The molecule has 0 atom stereocenters. The molecule has 0 spiro atoms. The Kier molecular flexibility index (Phi) is 2.14. The Morgan fingerprint density at radius 1 is 1.12 bits per heavy atom. The van der Waals surface area contributed by atoms with E-state index in [1.807, 2.05) is 32.2 Å². The molecule has 0 amide bonds. The number of hydrogen-bond acceptors (Lipinski definition) is 3. The zero-order valence-corrected chi connectivity index (χ0v) is 9.75. The molecular weight excluding hydrogens is 212 g/mol. The van der Waals surface area contributed by atoms with Crippen LogP contribution < -0.4 is 0 Å². The van der Waals surface area contributed by atoms with Crippen LogP contribution in [0.1, 0.15) is 5.69 Å². The van der Waals surface area contributed by atoms with Crippen LogP contribution in [0.3, 0.4) is 0 Å². The van der Waals surface area contributed by atoms with Crippen LogP contribution in [-0.2, 0) is 7.05 Å².